The zero-order chi connectivity index (χ0) is 22.4. The topological polar surface area (TPSA) is 95.2 Å². The molecule has 1 aliphatic heterocycles. The summed E-state index contributed by atoms with van der Waals surface area (Å²) in [7, 11) is 0. The molecule has 170 valence electrons. The van der Waals surface area contributed by atoms with Crippen molar-refractivity contribution in [3.63, 3.8) is 0 Å². The van der Waals surface area contributed by atoms with Gasteiger partial charge in [-0.3, -0.25) is 14.4 Å². The number of fused-ring (bicyclic) bond motifs is 1. The molecule has 1 atom stereocenters. The summed E-state index contributed by atoms with van der Waals surface area (Å²) in [4.78, 5) is 48.6. The first-order chi connectivity index (χ1) is 14.9. The Morgan fingerprint density at radius 3 is 2.84 bits per heavy atom. The predicted molar refractivity (Wildman–Crippen MR) is 124 cm³/mol. The first-order valence-electron chi connectivity index (χ1n) is 11.4. The number of carbonyl (C=O) groups is 2. The molecule has 0 bridgehead atoms. The summed E-state index contributed by atoms with van der Waals surface area (Å²) in [5.41, 5.74) is 0.835. The van der Waals surface area contributed by atoms with E-state index >= 15 is 0 Å². The van der Waals surface area contributed by atoms with Gasteiger partial charge in [-0.15, -0.1) is 11.3 Å². The van der Waals surface area contributed by atoms with Crippen LogP contribution in [0.25, 0.3) is 10.2 Å². The summed E-state index contributed by atoms with van der Waals surface area (Å²) in [5.74, 6) is 0.497. The SMILES string of the molecule is CCCCCCNC(=O)C1CCCN(C(=O)CCc2nc3sc(C)c(C)c3c(=O)[nH]2)C1. The number of hydrogen-bond acceptors (Lipinski definition) is 5. The number of aromatic nitrogens is 2. The molecule has 7 nitrogen and oxygen atoms in total. The lowest BCUT2D eigenvalue weighted by Crippen LogP contribution is -2.45. The second kappa shape index (κ2) is 10.9. The van der Waals surface area contributed by atoms with E-state index in [4.69, 9.17) is 0 Å². The van der Waals surface area contributed by atoms with Crippen LogP contribution < -0.4 is 10.9 Å². The number of carbonyl (C=O) groups excluding carboxylic acids is 2. The van der Waals surface area contributed by atoms with Crippen LogP contribution in [0, 0.1) is 19.8 Å². The minimum absolute atomic E-state index is 0.0155. The quantitative estimate of drug-likeness (QED) is 0.577. The standard InChI is InChI=1S/C23H34N4O3S/c1-4-5-6-7-12-24-21(29)17-9-8-13-27(14-17)19(28)11-10-18-25-22(30)20-15(2)16(3)31-23(20)26-18/h17H,4-14H2,1-3H3,(H,24,29)(H,25,26,30). The number of aryl methyl sites for hydroxylation is 3. The zero-order valence-corrected chi connectivity index (χ0v) is 19.7. The minimum atomic E-state index is -0.136. The van der Waals surface area contributed by atoms with Gasteiger partial charge in [0.2, 0.25) is 11.8 Å². The van der Waals surface area contributed by atoms with Gasteiger partial charge in [-0.1, -0.05) is 26.2 Å². The molecular formula is C23H34N4O3S. The molecule has 2 N–H and O–H groups in total. The number of thiophene rings is 1. The molecule has 31 heavy (non-hydrogen) atoms. The summed E-state index contributed by atoms with van der Waals surface area (Å²) in [5, 5.41) is 3.68. The average molecular weight is 447 g/mol. The third kappa shape index (κ3) is 5.93. The van der Waals surface area contributed by atoms with Crippen LogP contribution in [0.2, 0.25) is 0 Å². The lowest BCUT2D eigenvalue weighted by atomic mass is 9.96. The Hall–Kier alpha value is -2.22. The highest BCUT2D eigenvalue weighted by Gasteiger charge is 2.28. The number of amides is 2. The highest BCUT2D eigenvalue weighted by Crippen LogP contribution is 2.26. The van der Waals surface area contributed by atoms with E-state index in [-0.39, 0.29) is 29.7 Å². The van der Waals surface area contributed by atoms with Crippen LogP contribution >= 0.6 is 11.3 Å². The summed E-state index contributed by atoms with van der Waals surface area (Å²) in [6.45, 7) is 7.97. The van der Waals surface area contributed by atoms with Crippen LogP contribution in [-0.4, -0.2) is 46.3 Å². The number of rotatable bonds is 9. The van der Waals surface area contributed by atoms with E-state index in [0.29, 0.717) is 37.3 Å². The van der Waals surface area contributed by atoms with Gasteiger partial charge in [0.15, 0.2) is 0 Å². The van der Waals surface area contributed by atoms with Gasteiger partial charge in [0.25, 0.3) is 5.56 Å². The Balaban J connectivity index is 1.52. The molecule has 8 heteroatoms. The Morgan fingerprint density at radius 2 is 2.06 bits per heavy atom. The predicted octanol–water partition coefficient (Wildman–Crippen LogP) is 3.47. The Morgan fingerprint density at radius 1 is 1.26 bits per heavy atom. The van der Waals surface area contributed by atoms with Crippen molar-refractivity contribution in [2.24, 2.45) is 5.92 Å². The number of H-pyrrole nitrogens is 1. The van der Waals surface area contributed by atoms with Crippen LogP contribution in [0.5, 0.6) is 0 Å². The van der Waals surface area contributed by atoms with Gasteiger partial charge in [-0.05, 0) is 38.7 Å². The second-order valence-electron chi connectivity index (χ2n) is 8.51. The first-order valence-corrected chi connectivity index (χ1v) is 12.3. The van der Waals surface area contributed by atoms with E-state index in [0.717, 1.165) is 41.0 Å². The van der Waals surface area contributed by atoms with Gasteiger partial charge in [-0.2, -0.15) is 0 Å². The van der Waals surface area contributed by atoms with Gasteiger partial charge in [-0.25, -0.2) is 4.98 Å². The number of nitrogens with zero attached hydrogens (tertiary/aromatic N) is 2. The maximum absolute atomic E-state index is 12.8. The number of piperidine rings is 1. The lowest BCUT2D eigenvalue weighted by molar-refractivity contribution is -0.135. The molecule has 0 aromatic carbocycles. The fraction of sp³-hybridized carbons (Fsp3) is 0.652. The third-order valence-corrected chi connectivity index (χ3v) is 7.24. The maximum Gasteiger partial charge on any atom is 0.259 e. The van der Waals surface area contributed by atoms with Crippen molar-refractivity contribution in [3.8, 4) is 0 Å². The second-order valence-corrected chi connectivity index (χ2v) is 9.71. The average Bonchev–Trinajstić information content (AvgIpc) is 3.05. The minimum Gasteiger partial charge on any atom is -0.356 e. The Bertz CT molecular complexity index is 981. The molecule has 1 saturated heterocycles. The van der Waals surface area contributed by atoms with E-state index in [1.165, 1.54) is 24.2 Å². The molecule has 1 unspecified atom stereocenters. The van der Waals surface area contributed by atoms with E-state index in [1.807, 2.05) is 13.8 Å². The van der Waals surface area contributed by atoms with Crippen molar-refractivity contribution in [2.45, 2.75) is 72.1 Å². The van der Waals surface area contributed by atoms with Crippen LogP contribution in [-0.2, 0) is 16.0 Å². The molecule has 1 fully saturated rings. The van der Waals surface area contributed by atoms with Gasteiger partial charge in [0.1, 0.15) is 10.7 Å². The molecular weight excluding hydrogens is 412 g/mol. The molecule has 3 rings (SSSR count). The van der Waals surface area contributed by atoms with Gasteiger partial charge in [0, 0.05) is 37.4 Å². The summed E-state index contributed by atoms with van der Waals surface area (Å²) in [6.07, 6.45) is 6.86. The van der Waals surface area contributed by atoms with Crippen molar-refractivity contribution < 1.29 is 9.59 Å². The molecule has 2 aromatic heterocycles. The number of likely N-dealkylation sites (tertiary alicyclic amines) is 1. The van der Waals surface area contributed by atoms with Gasteiger partial charge in [0.05, 0.1) is 11.3 Å². The van der Waals surface area contributed by atoms with Crippen LogP contribution in [0.1, 0.15) is 68.1 Å². The fourth-order valence-electron chi connectivity index (χ4n) is 4.13. The number of hydrogen-bond donors (Lipinski definition) is 2. The summed E-state index contributed by atoms with van der Waals surface area (Å²) in [6, 6.07) is 0. The third-order valence-electron chi connectivity index (χ3n) is 6.14. The van der Waals surface area contributed by atoms with E-state index in [1.54, 1.807) is 4.90 Å². The normalized spacial score (nSPS) is 16.6. The molecule has 0 radical (unpaired) electrons. The molecule has 0 spiro atoms. The first kappa shape index (κ1) is 23.4. The zero-order valence-electron chi connectivity index (χ0n) is 18.9. The van der Waals surface area contributed by atoms with E-state index in [9.17, 15) is 14.4 Å². The summed E-state index contributed by atoms with van der Waals surface area (Å²) < 4.78 is 0. The molecule has 1 aliphatic rings. The molecule has 0 saturated carbocycles. The molecule has 3 heterocycles. The molecule has 2 aromatic rings. The van der Waals surface area contributed by atoms with Gasteiger partial charge >= 0.3 is 0 Å². The van der Waals surface area contributed by atoms with Gasteiger partial charge < -0.3 is 15.2 Å². The number of unbranched alkanes of at least 4 members (excludes halogenated alkanes) is 3. The fourth-order valence-corrected chi connectivity index (χ4v) is 5.18. The van der Waals surface area contributed by atoms with Crippen molar-refractivity contribution in [1.82, 2.24) is 20.2 Å². The largest absolute Gasteiger partial charge is 0.356 e. The van der Waals surface area contributed by atoms with Crippen LogP contribution in [0.4, 0.5) is 0 Å². The summed E-state index contributed by atoms with van der Waals surface area (Å²) >= 11 is 1.51. The highest BCUT2D eigenvalue weighted by atomic mass is 32.1. The molecule has 2 amide bonds. The number of nitrogens with one attached hydrogen (secondary N) is 2. The number of aromatic amines is 1. The Labute approximate surface area is 187 Å². The Kier molecular flexibility index (Phi) is 8.23. The lowest BCUT2D eigenvalue weighted by Gasteiger charge is -2.32. The van der Waals surface area contributed by atoms with Crippen molar-refractivity contribution >= 4 is 33.4 Å². The molecule has 0 aliphatic carbocycles. The van der Waals surface area contributed by atoms with E-state index < -0.39 is 0 Å². The van der Waals surface area contributed by atoms with Crippen molar-refractivity contribution in [2.75, 3.05) is 19.6 Å². The van der Waals surface area contributed by atoms with Crippen molar-refractivity contribution in [1.29, 1.82) is 0 Å². The maximum atomic E-state index is 12.8. The highest BCUT2D eigenvalue weighted by molar-refractivity contribution is 7.18. The smallest absolute Gasteiger partial charge is 0.259 e. The van der Waals surface area contributed by atoms with E-state index in [2.05, 4.69) is 22.2 Å². The van der Waals surface area contributed by atoms with Crippen molar-refractivity contribution in [3.05, 3.63) is 26.6 Å². The monoisotopic (exact) mass is 446 g/mol. The van der Waals surface area contributed by atoms with Crippen LogP contribution in [0.3, 0.4) is 0 Å². The van der Waals surface area contributed by atoms with Crippen LogP contribution in [0.15, 0.2) is 4.79 Å².